The molecule has 5 rings (SSSR count). The fourth-order valence-corrected chi connectivity index (χ4v) is 5.86. The zero-order chi connectivity index (χ0) is 28.9. The molecule has 3 heterocycles. The Kier molecular flexibility index (Phi) is 8.49. The molecule has 2 aromatic carbocycles. The Morgan fingerprint density at radius 3 is 2.56 bits per heavy atom. The summed E-state index contributed by atoms with van der Waals surface area (Å²) in [7, 11) is 0. The summed E-state index contributed by atoms with van der Waals surface area (Å²) in [5, 5.41) is 11.8. The van der Waals surface area contributed by atoms with Gasteiger partial charge >= 0.3 is 0 Å². The molecule has 1 N–H and O–H groups in total. The first-order valence-electron chi connectivity index (χ1n) is 13.5. The number of ether oxygens (including phenoxy) is 2. The number of ketones is 1. The maximum atomic E-state index is 13.9. The first-order valence-corrected chi connectivity index (χ1v) is 14.3. The van der Waals surface area contributed by atoms with E-state index in [1.54, 1.807) is 36.5 Å². The number of nitrogens with zero attached hydrogens (tertiary/aromatic N) is 4. The van der Waals surface area contributed by atoms with Gasteiger partial charge in [-0.15, -0.1) is 11.3 Å². The van der Waals surface area contributed by atoms with Gasteiger partial charge < -0.3 is 24.0 Å². The molecule has 10 heteroatoms. The maximum absolute atomic E-state index is 13.9. The molecule has 1 amide bonds. The molecule has 0 fully saturated rings. The summed E-state index contributed by atoms with van der Waals surface area (Å²) in [4.78, 5) is 37.7. The average Bonchev–Trinajstić information content (AvgIpc) is 3.67. The van der Waals surface area contributed by atoms with Crippen LogP contribution in [0.2, 0.25) is 0 Å². The van der Waals surface area contributed by atoms with Gasteiger partial charge in [0.1, 0.15) is 6.61 Å². The van der Waals surface area contributed by atoms with E-state index >= 15 is 0 Å². The smallest absolute Gasteiger partial charge is 0.290 e. The summed E-state index contributed by atoms with van der Waals surface area (Å²) < 4.78 is 13.9. The van der Waals surface area contributed by atoms with Gasteiger partial charge in [0.25, 0.3) is 5.91 Å². The van der Waals surface area contributed by atoms with Crippen molar-refractivity contribution in [2.75, 3.05) is 13.2 Å². The van der Waals surface area contributed by atoms with Crippen molar-refractivity contribution < 1.29 is 24.2 Å². The van der Waals surface area contributed by atoms with Crippen LogP contribution in [-0.2, 0) is 17.9 Å². The number of rotatable bonds is 12. The van der Waals surface area contributed by atoms with Crippen molar-refractivity contribution in [3.8, 4) is 11.5 Å². The molecule has 1 atom stereocenters. The summed E-state index contributed by atoms with van der Waals surface area (Å²) in [6, 6.07) is 14.4. The minimum absolute atomic E-state index is 0.0461. The minimum Gasteiger partial charge on any atom is -0.503 e. The minimum atomic E-state index is -0.804. The van der Waals surface area contributed by atoms with E-state index in [4.69, 9.17) is 9.47 Å². The molecule has 2 aromatic heterocycles. The maximum Gasteiger partial charge on any atom is 0.290 e. The van der Waals surface area contributed by atoms with Crippen LogP contribution in [0, 0.1) is 13.8 Å². The molecule has 0 bridgehead atoms. The van der Waals surface area contributed by atoms with Crippen molar-refractivity contribution in [1.29, 1.82) is 0 Å². The molecule has 0 radical (unpaired) electrons. The number of benzene rings is 2. The number of Topliss-reactive ketones (excluding diaryl/α,β-unsaturated/α-hetero) is 1. The standard InChI is InChI=1S/C31H32N4O5S/c1-4-39-25-17-23(11-12-24(25)40-18-22-9-6-5-7-10-22)27-26(28(36)30-20(2)33-21(3)41-30)29(37)31(38)35(27)15-8-14-34-16-13-32-19-34/h5-7,9-13,16-17,19,27,37H,4,8,14-15,18H2,1-3H3. The van der Waals surface area contributed by atoms with Crippen molar-refractivity contribution in [3.63, 3.8) is 0 Å². The third kappa shape index (κ3) is 6.02. The monoisotopic (exact) mass is 572 g/mol. The summed E-state index contributed by atoms with van der Waals surface area (Å²) >= 11 is 1.25. The molecule has 0 saturated carbocycles. The predicted octanol–water partition coefficient (Wildman–Crippen LogP) is 5.60. The number of aromatic nitrogens is 3. The Labute approximate surface area is 242 Å². The van der Waals surface area contributed by atoms with Crippen LogP contribution in [0.4, 0.5) is 0 Å². The van der Waals surface area contributed by atoms with Crippen LogP contribution in [0.5, 0.6) is 11.5 Å². The van der Waals surface area contributed by atoms with Gasteiger partial charge in [0.2, 0.25) is 5.78 Å². The van der Waals surface area contributed by atoms with Crippen molar-refractivity contribution >= 4 is 23.0 Å². The van der Waals surface area contributed by atoms with Crippen LogP contribution in [0.25, 0.3) is 0 Å². The molecule has 0 aliphatic carbocycles. The fraction of sp³-hybridized carbons (Fsp3) is 0.290. The number of aliphatic hydroxyl groups excluding tert-OH is 1. The summed E-state index contributed by atoms with van der Waals surface area (Å²) in [6.07, 6.45) is 5.86. The number of carbonyl (C=O) groups excluding carboxylic acids is 2. The van der Waals surface area contributed by atoms with Crippen LogP contribution in [0.15, 0.2) is 78.6 Å². The largest absolute Gasteiger partial charge is 0.503 e. The Morgan fingerprint density at radius 1 is 1.07 bits per heavy atom. The molecule has 0 spiro atoms. The van der Waals surface area contributed by atoms with Crippen molar-refractivity contribution in [3.05, 3.63) is 105 Å². The van der Waals surface area contributed by atoms with E-state index in [0.29, 0.717) is 60.4 Å². The van der Waals surface area contributed by atoms with Gasteiger partial charge in [-0.1, -0.05) is 36.4 Å². The Morgan fingerprint density at radius 2 is 1.88 bits per heavy atom. The van der Waals surface area contributed by atoms with Gasteiger partial charge in [-0.25, -0.2) is 9.97 Å². The number of hydrogen-bond acceptors (Lipinski definition) is 8. The first-order chi connectivity index (χ1) is 19.9. The Balaban J connectivity index is 1.50. The topological polar surface area (TPSA) is 107 Å². The van der Waals surface area contributed by atoms with E-state index in [2.05, 4.69) is 9.97 Å². The number of hydrogen-bond donors (Lipinski definition) is 1. The normalized spacial score (nSPS) is 15.0. The molecule has 1 aliphatic heterocycles. The molecule has 1 unspecified atom stereocenters. The SMILES string of the molecule is CCOc1cc(C2C(C(=O)c3sc(C)nc3C)=C(O)C(=O)N2CCCn2ccnc2)ccc1OCc1ccccc1. The molecular formula is C31H32N4O5S. The lowest BCUT2D eigenvalue weighted by molar-refractivity contribution is -0.129. The molecule has 4 aromatic rings. The molecule has 9 nitrogen and oxygen atoms in total. The number of aryl methyl sites for hydroxylation is 3. The lowest BCUT2D eigenvalue weighted by Gasteiger charge is -2.27. The van der Waals surface area contributed by atoms with Crippen LogP contribution in [-0.4, -0.2) is 49.4 Å². The highest BCUT2D eigenvalue weighted by Crippen LogP contribution is 2.42. The second kappa shape index (κ2) is 12.4. The number of imidazole rings is 1. The highest BCUT2D eigenvalue weighted by atomic mass is 32.1. The second-order valence-electron chi connectivity index (χ2n) is 9.71. The summed E-state index contributed by atoms with van der Waals surface area (Å²) in [5.74, 6) is -0.468. The summed E-state index contributed by atoms with van der Waals surface area (Å²) in [6.45, 7) is 7.17. The first kappa shape index (κ1) is 28.1. The van der Waals surface area contributed by atoms with Crippen LogP contribution in [0.1, 0.15) is 50.9 Å². The highest BCUT2D eigenvalue weighted by molar-refractivity contribution is 7.14. The van der Waals surface area contributed by atoms with E-state index in [0.717, 1.165) is 10.6 Å². The van der Waals surface area contributed by atoms with E-state index in [1.165, 1.54) is 11.3 Å². The van der Waals surface area contributed by atoms with Gasteiger partial charge in [-0.3, -0.25) is 9.59 Å². The average molecular weight is 573 g/mol. The number of aliphatic hydroxyl groups is 1. The zero-order valence-corrected chi connectivity index (χ0v) is 24.1. The quantitative estimate of drug-likeness (QED) is 0.220. The zero-order valence-electron chi connectivity index (χ0n) is 23.2. The third-order valence-corrected chi connectivity index (χ3v) is 7.92. The van der Waals surface area contributed by atoms with E-state index in [1.807, 2.05) is 61.0 Å². The predicted molar refractivity (Wildman–Crippen MR) is 155 cm³/mol. The molecular weight excluding hydrogens is 540 g/mol. The van der Waals surface area contributed by atoms with E-state index in [9.17, 15) is 14.7 Å². The number of amides is 1. The van der Waals surface area contributed by atoms with Gasteiger partial charge in [-0.05, 0) is 50.5 Å². The van der Waals surface area contributed by atoms with E-state index < -0.39 is 23.5 Å². The van der Waals surface area contributed by atoms with Crippen LogP contribution in [0.3, 0.4) is 0 Å². The van der Waals surface area contributed by atoms with E-state index in [-0.39, 0.29) is 5.57 Å². The molecule has 1 aliphatic rings. The fourth-order valence-electron chi connectivity index (χ4n) is 4.99. The molecule has 212 valence electrons. The number of thiazole rings is 1. The Bertz CT molecular complexity index is 1560. The van der Waals surface area contributed by atoms with Crippen molar-refractivity contribution in [2.45, 2.75) is 46.4 Å². The highest BCUT2D eigenvalue weighted by Gasteiger charge is 2.44. The van der Waals surface area contributed by atoms with Crippen molar-refractivity contribution in [1.82, 2.24) is 19.4 Å². The lowest BCUT2D eigenvalue weighted by atomic mass is 9.94. The third-order valence-electron chi connectivity index (χ3n) is 6.85. The lowest BCUT2D eigenvalue weighted by Crippen LogP contribution is -2.32. The second-order valence-corrected chi connectivity index (χ2v) is 10.9. The molecule has 0 saturated heterocycles. The van der Waals surface area contributed by atoms with Crippen LogP contribution >= 0.6 is 11.3 Å². The van der Waals surface area contributed by atoms with Gasteiger partial charge in [-0.2, -0.15) is 0 Å². The molecule has 41 heavy (non-hydrogen) atoms. The van der Waals surface area contributed by atoms with Gasteiger partial charge in [0.05, 0.1) is 40.1 Å². The van der Waals surface area contributed by atoms with Crippen molar-refractivity contribution in [2.24, 2.45) is 0 Å². The Hall–Kier alpha value is -4.44. The summed E-state index contributed by atoms with van der Waals surface area (Å²) in [5.41, 5.74) is 2.27. The number of carbonyl (C=O) groups is 2. The van der Waals surface area contributed by atoms with Gasteiger partial charge in [0, 0.05) is 25.5 Å². The van der Waals surface area contributed by atoms with Crippen LogP contribution < -0.4 is 9.47 Å². The van der Waals surface area contributed by atoms with Gasteiger partial charge in [0.15, 0.2) is 17.3 Å².